The molecule has 0 radical (unpaired) electrons. The van der Waals surface area contributed by atoms with Gasteiger partial charge in [-0.25, -0.2) is 0 Å². The molecular formula is C19H25N3O2S. The molecule has 0 amide bonds. The standard InChI is InChI=1S/C19H25N3O2S/c1-22(17-12-6-3-7-13-17)25(23,24)21-19(16-10-4-2-5-11-16)18-14-8-9-15-20-18/h2,4-5,8-11,14-15,17,19,21H,3,6-7,12-13H2,1H3/t19-/m0/s1. The van der Waals surface area contributed by atoms with Gasteiger partial charge in [0.25, 0.3) is 10.2 Å². The third kappa shape index (κ3) is 4.45. The van der Waals surface area contributed by atoms with Crippen molar-refractivity contribution in [1.82, 2.24) is 14.0 Å². The summed E-state index contributed by atoms with van der Waals surface area (Å²) in [6.07, 6.45) is 6.91. The number of hydrogen-bond acceptors (Lipinski definition) is 3. The molecule has 1 atom stereocenters. The van der Waals surface area contributed by atoms with Crippen molar-refractivity contribution < 1.29 is 8.42 Å². The second-order valence-corrected chi connectivity index (χ2v) is 8.29. The minimum absolute atomic E-state index is 0.0754. The molecule has 1 aromatic carbocycles. The molecule has 1 N–H and O–H groups in total. The van der Waals surface area contributed by atoms with Crippen molar-refractivity contribution in [1.29, 1.82) is 0 Å². The minimum Gasteiger partial charge on any atom is -0.259 e. The van der Waals surface area contributed by atoms with E-state index >= 15 is 0 Å². The minimum atomic E-state index is -3.61. The molecule has 0 spiro atoms. The van der Waals surface area contributed by atoms with Gasteiger partial charge in [-0.05, 0) is 30.5 Å². The summed E-state index contributed by atoms with van der Waals surface area (Å²) >= 11 is 0. The van der Waals surface area contributed by atoms with Crippen molar-refractivity contribution in [3.8, 4) is 0 Å². The molecular weight excluding hydrogens is 334 g/mol. The Hall–Kier alpha value is -1.76. The van der Waals surface area contributed by atoms with Crippen LogP contribution in [0.25, 0.3) is 0 Å². The molecule has 1 aliphatic carbocycles. The lowest BCUT2D eigenvalue weighted by atomic mass is 9.96. The normalized spacial score (nSPS) is 17.5. The quantitative estimate of drug-likeness (QED) is 0.861. The van der Waals surface area contributed by atoms with Crippen LogP contribution >= 0.6 is 0 Å². The lowest BCUT2D eigenvalue weighted by Crippen LogP contribution is -2.46. The van der Waals surface area contributed by atoms with Crippen LogP contribution in [0.1, 0.15) is 49.4 Å². The Morgan fingerprint density at radius 1 is 1.04 bits per heavy atom. The molecule has 0 unspecified atom stereocenters. The summed E-state index contributed by atoms with van der Waals surface area (Å²) in [6, 6.07) is 14.7. The SMILES string of the molecule is CN(C1CCCCC1)S(=O)(=O)N[C@@H](c1ccccc1)c1ccccn1. The van der Waals surface area contributed by atoms with E-state index in [0.717, 1.165) is 31.2 Å². The number of rotatable bonds is 6. The van der Waals surface area contributed by atoms with Crippen LogP contribution in [-0.4, -0.2) is 30.8 Å². The summed E-state index contributed by atoms with van der Waals surface area (Å²) in [5, 5.41) is 0. The molecule has 3 rings (SSSR count). The predicted octanol–water partition coefficient (Wildman–Crippen LogP) is 3.27. The Kier molecular flexibility index (Phi) is 5.83. The van der Waals surface area contributed by atoms with Crippen LogP contribution in [0.15, 0.2) is 54.7 Å². The number of hydrogen-bond donors (Lipinski definition) is 1. The van der Waals surface area contributed by atoms with Crippen molar-refractivity contribution in [2.45, 2.75) is 44.2 Å². The second-order valence-electron chi connectivity index (χ2n) is 6.53. The maximum atomic E-state index is 13.0. The van der Waals surface area contributed by atoms with Gasteiger partial charge in [0.1, 0.15) is 0 Å². The number of aromatic nitrogens is 1. The molecule has 1 aliphatic rings. The zero-order valence-corrected chi connectivity index (χ0v) is 15.3. The van der Waals surface area contributed by atoms with Gasteiger partial charge >= 0.3 is 0 Å². The number of nitrogens with one attached hydrogen (secondary N) is 1. The van der Waals surface area contributed by atoms with E-state index in [1.807, 2.05) is 48.5 Å². The van der Waals surface area contributed by atoms with Crippen LogP contribution < -0.4 is 4.72 Å². The van der Waals surface area contributed by atoms with Crippen molar-refractivity contribution in [3.63, 3.8) is 0 Å². The summed E-state index contributed by atoms with van der Waals surface area (Å²) in [5.74, 6) is 0. The highest BCUT2D eigenvalue weighted by Gasteiger charge is 2.30. The third-order valence-corrected chi connectivity index (χ3v) is 6.44. The van der Waals surface area contributed by atoms with Gasteiger partial charge in [0.2, 0.25) is 0 Å². The molecule has 0 aliphatic heterocycles. The first-order valence-electron chi connectivity index (χ1n) is 8.79. The largest absolute Gasteiger partial charge is 0.280 e. The first kappa shape index (κ1) is 18.0. The Morgan fingerprint density at radius 2 is 1.72 bits per heavy atom. The highest BCUT2D eigenvalue weighted by Crippen LogP contribution is 2.26. The summed E-state index contributed by atoms with van der Waals surface area (Å²) in [7, 11) is -1.93. The fourth-order valence-corrected chi connectivity index (χ4v) is 4.69. The maximum absolute atomic E-state index is 13.0. The molecule has 0 bridgehead atoms. The Morgan fingerprint density at radius 3 is 2.36 bits per heavy atom. The van der Waals surface area contributed by atoms with E-state index in [1.165, 1.54) is 10.7 Å². The highest BCUT2D eigenvalue weighted by atomic mass is 32.2. The van der Waals surface area contributed by atoms with Gasteiger partial charge in [-0.1, -0.05) is 55.7 Å². The number of pyridine rings is 1. The first-order valence-corrected chi connectivity index (χ1v) is 10.2. The topological polar surface area (TPSA) is 62.3 Å². The maximum Gasteiger partial charge on any atom is 0.280 e. The lowest BCUT2D eigenvalue weighted by Gasteiger charge is -2.32. The molecule has 134 valence electrons. The number of benzene rings is 1. The number of nitrogens with zero attached hydrogens (tertiary/aromatic N) is 2. The average molecular weight is 359 g/mol. The summed E-state index contributed by atoms with van der Waals surface area (Å²) in [6.45, 7) is 0. The molecule has 1 saturated carbocycles. The van der Waals surface area contributed by atoms with Crippen molar-refractivity contribution >= 4 is 10.2 Å². The van der Waals surface area contributed by atoms with E-state index in [0.29, 0.717) is 5.69 Å². The molecule has 1 fully saturated rings. The molecule has 6 heteroatoms. The van der Waals surface area contributed by atoms with Gasteiger partial charge < -0.3 is 0 Å². The molecule has 0 saturated heterocycles. The fourth-order valence-electron chi connectivity index (χ4n) is 3.36. The molecule has 25 heavy (non-hydrogen) atoms. The van der Waals surface area contributed by atoms with Crippen LogP contribution in [0.2, 0.25) is 0 Å². The van der Waals surface area contributed by atoms with Gasteiger partial charge in [-0.2, -0.15) is 17.4 Å². The van der Waals surface area contributed by atoms with Crippen LogP contribution in [0.5, 0.6) is 0 Å². The van der Waals surface area contributed by atoms with Crippen LogP contribution in [0.3, 0.4) is 0 Å². The first-order chi connectivity index (χ1) is 12.1. The van der Waals surface area contributed by atoms with Gasteiger partial charge in [0.15, 0.2) is 0 Å². The van der Waals surface area contributed by atoms with Gasteiger partial charge in [0, 0.05) is 19.3 Å². The van der Waals surface area contributed by atoms with E-state index < -0.39 is 16.3 Å². The fraction of sp³-hybridized carbons (Fsp3) is 0.421. The molecule has 5 nitrogen and oxygen atoms in total. The highest BCUT2D eigenvalue weighted by molar-refractivity contribution is 7.87. The molecule has 1 aromatic heterocycles. The van der Waals surface area contributed by atoms with Gasteiger partial charge in [-0.3, -0.25) is 4.98 Å². The van der Waals surface area contributed by atoms with Crippen molar-refractivity contribution in [2.75, 3.05) is 7.05 Å². The zero-order chi connectivity index (χ0) is 17.7. The Labute approximate surface area is 150 Å². The lowest BCUT2D eigenvalue weighted by molar-refractivity contribution is 0.282. The van der Waals surface area contributed by atoms with Crippen LogP contribution in [0, 0.1) is 0 Å². The van der Waals surface area contributed by atoms with Crippen LogP contribution in [-0.2, 0) is 10.2 Å². The Balaban J connectivity index is 1.86. The van der Waals surface area contributed by atoms with E-state index in [-0.39, 0.29) is 6.04 Å². The monoisotopic (exact) mass is 359 g/mol. The van der Waals surface area contributed by atoms with Crippen molar-refractivity contribution in [2.24, 2.45) is 0 Å². The van der Waals surface area contributed by atoms with E-state index in [9.17, 15) is 8.42 Å². The van der Waals surface area contributed by atoms with E-state index in [4.69, 9.17) is 0 Å². The van der Waals surface area contributed by atoms with Crippen molar-refractivity contribution in [3.05, 3.63) is 66.0 Å². The molecule has 1 heterocycles. The van der Waals surface area contributed by atoms with Gasteiger partial charge in [0.05, 0.1) is 11.7 Å². The Bertz CT molecular complexity index is 720. The third-order valence-electron chi connectivity index (χ3n) is 4.85. The second kappa shape index (κ2) is 8.08. The summed E-state index contributed by atoms with van der Waals surface area (Å²) in [4.78, 5) is 4.37. The van der Waals surface area contributed by atoms with E-state index in [2.05, 4.69) is 9.71 Å². The smallest absolute Gasteiger partial charge is 0.259 e. The van der Waals surface area contributed by atoms with E-state index in [1.54, 1.807) is 13.2 Å². The summed E-state index contributed by atoms with van der Waals surface area (Å²) < 4.78 is 30.3. The summed E-state index contributed by atoms with van der Waals surface area (Å²) in [5.41, 5.74) is 1.57. The predicted molar refractivity (Wildman–Crippen MR) is 99.2 cm³/mol. The molecule has 2 aromatic rings. The average Bonchev–Trinajstić information content (AvgIpc) is 2.67. The zero-order valence-electron chi connectivity index (χ0n) is 14.5. The van der Waals surface area contributed by atoms with Crippen LogP contribution in [0.4, 0.5) is 0 Å². The van der Waals surface area contributed by atoms with Gasteiger partial charge in [-0.15, -0.1) is 0 Å².